The van der Waals surface area contributed by atoms with E-state index in [1.54, 1.807) is 13.0 Å². The number of piperidine rings is 1. The highest BCUT2D eigenvalue weighted by Gasteiger charge is 2.22. The Kier molecular flexibility index (Phi) is 6.91. The van der Waals surface area contributed by atoms with E-state index in [0.29, 0.717) is 23.2 Å². The molecule has 0 radical (unpaired) electrons. The molecule has 1 saturated heterocycles. The zero-order valence-electron chi connectivity index (χ0n) is 13.6. The van der Waals surface area contributed by atoms with Crippen molar-refractivity contribution in [2.75, 3.05) is 43.5 Å². The average Bonchev–Trinajstić information content (AvgIpc) is 2.93. The van der Waals surface area contributed by atoms with Crippen LogP contribution in [0.25, 0.3) is 0 Å². The van der Waals surface area contributed by atoms with E-state index in [1.165, 1.54) is 11.8 Å². The number of likely N-dealkylation sites (tertiary alicyclic amines) is 1. The molecule has 0 unspecified atom stereocenters. The third kappa shape index (κ3) is 5.87. The maximum absolute atomic E-state index is 12.1. The average molecular weight is 340 g/mol. The Labute approximate surface area is 140 Å². The molecule has 23 heavy (non-hydrogen) atoms. The molecule has 1 fully saturated rings. The second-order valence-corrected chi connectivity index (χ2v) is 6.73. The van der Waals surface area contributed by atoms with Crippen LogP contribution in [-0.4, -0.2) is 60.1 Å². The maximum atomic E-state index is 12.1. The van der Waals surface area contributed by atoms with E-state index in [2.05, 4.69) is 15.8 Å². The molecule has 8 heteroatoms. The molecule has 2 rings (SSSR count). The molecule has 1 aromatic heterocycles. The maximum Gasteiger partial charge on any atom is 0.235 e. The molecule has 7 nitrogen and oxygen atoms in total. The van der Waals surface area contributed by atoms with Gasteiger partial charge in [0.25, 0.3) is 0 Å². The third-order valence-corrected chi connectivity index (χ3v) is 4.73. The summed E-state index contributed by atoms with van der Waals surface area (Å²) < 4.78 is 4.88. The fourth-order valence-corrected chi connectivity index (χ4v) is 3.32. The predicted octanol–water partition coefficient (Wildman–Crippen LogP) is 1.11. The van der Waals surface area contributed by atoms with Crippen LogP contribution >= 0.6 is 11.8 Å². The first kappa shape index (κ1) is 17.8. The minimum atomic E-state index is -0.177. The Balaban J connectivity index is 1.62. The van der Waals surface area contributed by atoms with Gasteiger partial charge in [0.05, 0.1) is 11.5 Å². The summed E-state index contributed by atoms with van der Waals surface area (Å²) in [7, 11) is 1.96. The summed E-state index contributed by atoms with van der Waals surface area (Å²) in [6, 6.07) is 1.66. The lowest BCUT2D eigenvalue weighted by molar-refractivity contribution is -0.129. The summed E-state index contributed by atoms with van der Waals surface area (Å²) in [4.78, 5) is 25.8. The zero-order valence-corrected chi connectivity index (χ0v) is 14.4. The number of amides is 2. The van der Waals surface area contributed by atoms with Crippen LogP contribution < -0.4 is 10.6 Å². The summed E-state index contributed by atoms with van der Waals surface area (Å²) >= 11 is 1.33. The first-order chi connectivity index (χ1) is 11.1. The molecule has 1 aliphatic rings. The van der Waals surface area contributed by atoms with Crippen molar-refractivity contribution in [3.8, 4) is 0 Å². The third-order valence-electron chi connectivity index (χ3n) is 3.81. The van der Waals surface area contributed by atoms with Crippen molar-refractivity contribution in [2.45, 2.75) is 19.8 Å². The van der Waals surface area contributed by atoms with Gasteiger partial charge in [0.1, 0.15) is 5.76 Å². The van der Waals surface area contributed by atoms with Crippen molar-refractivity contribution in [1.29, 1.82) is 0 Å². The summed E-state index contributed by atoms with van der Waals surface area (Å²) in [5.74, 6) is 2.21. The highest BCUT2D eigenvalue weighted by Crippen LogP contribution is 2.17. The van der Waals surface area contributed by atoms with Crippen LogP contribution in [0.1, 0.15) is 18.6 Å². The molecule has 0 spiro atoms. The number of hydrogen-bond acceptors (Lipinski definition) is 6. The molecule has 1 aromatic rings. The smallest absolute Gasteiger partial charge is 0.235 e. The summed E-state index contributed by atoms with van der Waals surface area (Å²) in [6.45, 7) is 4.40. The van der Waals surface area contributed by atoms with E-state index in [0.717, 1.165) is 32.5 Å². The number of carbonyl (C=O) groups is 2. The normalized spacial score (nSPS) is 15.7. The fourth-order valence-electron chi connectivity index (χ4n) is 2.60. The number of aryl methyl sites for hydroxylation is 1. The predicted molar refractivity (Wildman–Crippen MR) is 90.4 cm³/mol. The monoisotopic (exact) mass is 340 g/mol. The van der Waals surface area contributed by atoms with Gasteiger partial charge in [-0.05, 0) is 39.3 Å². The van der Waals surface area contributed by atoms with E-state index < -0.39 is 0 Å². The van der Waals surface area contributed by atoms with Crippen LogP contribution in [0.4, 0.5) is 5.82 Å². The van der Waals surface area contributed by atoms with E-state index in [9.17, 15) is 9.59 Å². The summed E-state index contributed by atoms with van der Waals surface area (Å²) in [5, 5.41) is 9.52. The molecule has 0 bridgehead atoms. The number of carbonyl (C=O) groups excluding carboxylic acids is 2. The zero-order chi connectivity index (χ0) is 16.7. The first-order valence-corrected chi connectivity index (χ1v) is 8.97. The van der Waals surface area contributed by atoms with Gasteiger partial charge >= 0.3 is 0 Å². The van der Waals surface area contributed by atoms with Crippen molar-refractivity contribution in [3.05, 3.63) is 11.8 Å². The lowest BCUT2D eigenvalue weighted by Crippen LogP contribution is -2.41. The molecule has 0 aromatic carbocycles. The van der Waals surface area contributed by atoms with Gasteiger partial charge in [-0.1, -0.05) is 5.16 Å². The number of thioether (sulfide) groups is 1. The Morgan fingerprint density at radius 1 is 1.39 bits per heavy atom. The quantitative estimate of drug-likeness (QED) is 0.773. The minimum absolute atomic E-state index is 0.114. The highest BCUT2D eigenvalue weighted by atomic mass is 32.2. The second-order valence-electron chi connectivity index (χ2n) is 5.75. The molecule has 2 N–H and O–H groups in total. The number of anilines is 1. The Hall–Kier alpha value is -1.54. The number of nitrogens with zero attached hydrogens (tertiary/aromatic N) is 2. The van der Waals surface area contributed by atoms with E-state index in [1.807, 2.05) is 11.9 Å². The van der Waals surface area contributed by atoms with E-state index in [-0.39, 0.29) is 17.6 Å². The number of nitrogens with one attached hydrogen (secondary N) is 2. The lowest BCUT2D eigenvalue weighted by atomic mass is 9.97. The van der Waals surface area contributed by atoms with Gasteiger partial charge in [0, 0.05) is 19.2 Å². The van der Waals surface area contributed by atoms with Crippen LogP contribution in [0.15, 0.2) is 10.6 Å². The van der Waals surface area contributed by atoms with Gasteiger partial charge in [-0.3, -0.25) is 9.59 Å². The molecule has 2 amide bonds. The molecular formula is C15H24N4O3S. The molecule has 0 atom stereocenters. The number of rotatable bonds is 7. The van der Waals surface area contributed by atoms with Crippen LogP contribution in [0.2, 0.25) is 0 Å². The van der Waals surface area contributed by atoms with Gasteiger partial charge < -0.3 is 20.1 Å². The van der Waals surface area contributed by atoms with E-state index in [4.69, 9.17) is 4.52 Å². The van der Waals surface area contributed by atoms with Crippen LogP contribution in [-0.2, 0) is 9.59 Å². The van der Waals surface area contributed by atoms with Gasteiger partial charge in [-0.2, -0.15) is 0 Å². The minimum Gasteiger partial charge on any atom is -0.360 e. The van der Waals surface area contributed by atoms with Crippen molar-refractivity contribution >= 4 is 29.4 Å². The molecule has 128 valence electrons. The Morgan fingerprint density at radius 2 is 2.13 bits per heavy atom. The molecule has 1 aliphatic heterocycles. The fraction of sp³-hybridized carbons (Fsp3) is 0.667. The van der Waals surface area contributed by atoms with Crippen LogP contribution in [0.3, 0.4) is 0 Å². The summed E-state index contributed by atoms with van der Waals surface area (Å²) in [6.07, 6.45) is 2.09. The van der Waals surface area contributed by atoms with Crippen molar-refractivity contribution in [2.24, 2.45) is 5.92 Å². The largest absolute Gasteiger partial charge is 0.360 e. The van der Waals surface area contributed by atoms with Crippen LogP contribution in [0.5, 0.6) is 0 Å². The Bertz CT molecular complexity index is 527. The van der Waals surface area contributed by atoms with Gasteiger partial charge in [0.15, 0.2) is 5.82 Å². The molecule has 2 heterocycles. The first-order valence-electron chi connectivity index (χ1n) is 7.81. The number of hydrogen-bond donors (Lipinski definition) is 2. The second kappa shape index (κ2) is 8.93. The lowest BCUT2D eigenvalue weighted by Gasteiger charge is -2.31. The Morgan fingerprint density at radius 3 is 2.74 bits per heavy atom. The van der Waals surface area contributed by atoms with Gasteiger partial charge in [-0.25, -0.2) is 0 Å². The van der Waals surface area contributed by atoms with E-state index >= 15 is 0 Å². The topological polar surface area (TPSA) is 87.5 Å². The van der Waals surface area contributed by atoms with Crippen molar-refractivity contribution in [1.82, 2.24) is 15.4 Å². The van der Waals surface area contributed by atoms with Crippen molar-refractivity contribution < 1.29 is 14.1 Å². The van der Waals surface area contributed by atoms with Gasteiger partial charge in [0.2, 0.25) is 11.8 Å². The highest BCUT2D eigenvalue weighted by molar-refractivity contribution is 8.00. The van der Waals surface area contributed by atoms with Crippen molar-refractivity contribution in [3.63, 3.8) is 0 Å². The number of aromatic nitrogens is 1. The molecule has 0 aliphatic carbocycles. The summed E-state index contributed by atoms with van der Waals surface area (Å²) in [5.41, 5.74) is 0. The standard InChI is InChI=1S/C15H24N4O3S/c1-11-7-13(18-22-11)17-14(20)9-23-10-15(21)19-5-3-12(4-6-19)8-16-2/h7,12,16H,3-6,8-10H2,1-2H3,(H,17,18,20). The SMILES string of the molecule is CNCC1CCN(C(=O)CSCC(=O)Nc2cc(C)on2)CC1. The molecular weight excluding hydrogens is 316 g/mol. The van der Waals surface area contributed by atoms with Crippen LogP contribution in [0, 0.1) is 12.8 Å². The molecule has 0 saturated carbocycles. The van der Waals surface area contributed by atoms with Gasteiger partial charge in [-0.15, -0.1) is 11.8 Å².